The number of carbonyl (C=O) groups is 1. The standard InChI is InChI=1S/C18H23N3OS.2ClH/c1-12-3-2-4-13(9-12)18-21-16(11-23-18)10-17(22)20-15-7-5-14(19)6-8-15;;/h2-4,9,11,14-15H,5-8,10,19H2,1H3,(H,20,22);2*1H. The van der Waals surface area contributed by atoms with Gasteiger partial charge >= 0.3 is 0 Å². The SMILES string of the molecule is Cc1cccc(-c2nc(CC(=O)NC3CCC(N)CC3)cs2)c1.Cl.Cl. The van der Waals surface area contributed by atoms with Crippen LogP contribution in [0, 0.1) is 6.92 Å². The first-order chi connectivity index (χ1) is 11.1. The maximum Gasteiger partial charge on any atom is 0.226 e. The Bertz CT molecular complexity index is 684. The summed E-state index contributed by atoms with van der Waals surface area (Å²) in [5.41, 5.74) is 9.07. The van der Waals surface area contributed by atoms with Gasteiger partial charge < -0.3 is 11.1 Å². The molecule has 1 aromatic carbocycles. The number of hydrogen-bond acceptors (Lipinski definition) is 4. The van der Waals surface area contributed by atoms with Crippen LogP contribution in [-0.4, -0.2) is 23.0 Å². The van der Waals surface area contributed by atoms with E-state index in [1.807, 2.05) is 11.4 Å². The van der Waals surface area contributed by atoms with Crippen molar-refractivity contribution in [2.75, 3.05) is 0 Å². The Kier molecular flexibility index (Phi) is 8.86. The highest BCUT2D eigenvalue weighted by atomic mass is 35.5. The molecular weight excluding hydrogens is 377 g/mol. The number of thiazole rings is 1. The molecule has 138 valence electrons. The summed E-state index contributed by atoms with van der Waals surface area (Å²) in [7, 11) is 0. The molecule has 1 aliphatic rings. The quantitative estimate of drug-likeness (QED) is 0.815. The number of aryl methyl sites for hydroxylation is 1. The topological polar surface area (TPSA) is 68.0 Å². The van der Waals surface area contributed by atoms with Crippen LogP contribution in [0.25, 0.3) is 10.6 Å². The number of rotatable bonds is 4. The molecule has 1 aliphatic carbocycles. The molecule has 0 aliphatic heterocycles. The Morgan fingerprint density at radius 2 is 2.00 bits per heavy atom. The lowest BCUT2D eigenvalue weighted by Gasteiger charge is -2.26. The van der Waals surface area contributed by atoms with Gasteiger partial charge in [0.2, 0.25) is 5.91 Å². The summed E-state index contributed by atoms with van der Waals surface area (Å²) in [6.07, 6.45) is 4.32. The number of nitrogens with two attached hydrogens (primary N) is 1. The highest BCUT2D eigenvalue weighted by Gasteiger charge is 2.20. The summed E-state index contributed by atoms with van der Waals surface area (Å²) in [5, 5.41) is 6.07. The van der Waals surface area contributed by atoms with E-state index in [2.05, 4.69) is 35.4 Å². The van der Waals surface area contributed by atoms with Gasteiger partial charge in [0.1, 0.15) is 5.01 Å². The fraction of sp³-hybridized carbons (Fsp3) is 0.444. The van der Waals surface area contributed by atoms with Crippen LogP contribution < -0.4 is 11.1 Å². The number of carbonyl (C=O) groups excluding carboxylic acids is 1. The first kappa shape index (κ1) is 21.9. The average molecular weight is 402 g/mol. The molecule has 1 fully saturated rings. The third-order valence-electron chi connectivity index (χ3n) is 4.30. The second-order valence-corrected chi connectivity index (χ2v) is 7.23. The molecular formula is C18H25Cl2N3OS. The highest BCUT2D eigenvalue weighted by Crippen LogP contribution is 2.24. The van der Waals surface area contributed by atoms with Crippen LogP contribution in [0.4, 0.5) is 0 Å². The number of aromatic nitrogens is 1. The van der Waals surface area contributed by atoms with Crippen molar-refractivity contribution < 1.29 is 4.79 Å². The number of amides is 1. The molecule has 3 N–H and O–H groups in total. The summed E-state index contributed by atoms with van der Waals surface area (Å²) in [6, 6.07) is 8.86. The Balaban J connectivity index is 0.00000156. The van der Waals surface area contributed by atoms with Crippen molar-refractivity contribution in [3.63, 3.8) is 0 Å². The summed E-state index contributed by atoms with van der Waals surface area (Å²) in [6.45, 7) is 2.07. The predicted octanol–water partition coefficient (Wildman–Crippen LogP) is 3.89. The van der Waals surface area contributed by atoms with E-state index in [0.29, 0.717) is 12.5 Å². The molecule has 25 heavy (non-hydrogen) atoms. The normalized spacial score (nSPS) is 19.4. The number of nitrogens with one attached hydrogen (secondary N) is 1. The van der Waals surface area contributed by atoms with Gasteiger partial charge in [-0.2, -0.15) is 0 Å². The van der Waals surface area contributed by atoms with Crippen LogP contribution in [0.3, 0.4) is 0 Å². The smallest absolute Gasteiger partial charge is 0.226 e. The first-order valence-electron chi connectivity index (χ1n) is 8.16. The summed E-state index contributed by atoms with van der Waals surface area (Å²) >= 11 is 1.59. The van der Waals surface area contributed by atoms with E-state index in [1.165, 1.54) is 5.56 Å². The van der Waals surface area contributed by atoms with Crippen molar-refractivity contribution >= 4 is 42.1 Å². The zero-order valence-corrected chi connectivity index (χ0v) is 16.7. The van der Waals surface area contributed by atoms with Crippen LogP contribution in [0.5, 0.6) is 0 Å². The monoisotopic (exact) mass is 401 g/mol. The fourth-order valence-corrected chi connectivity index (χ4v) is 3.82. The summed E-state index contributed by atoms with van der Waals surface area (Å²) in [4.78, 5) is 16.8. The lowest BCUT2D eigenvalue weighted by Crippen LogP contribution is -2.41. The van der Waals surface area contributed by atoms with Crippen molar-refractivity contribution in [1.82, 2.24) is 10.3 Å². The number of benzene rings is 1. The minimum atomic E-state index is 0. The van der Waals surface area contributed by atoms with Gasteiger partial charge in [0, 0.05) is 23.0 Å². The highest BCUT2D eigenvalue weighted by molar-refractivity contribution is 7.13. The molecule has 1 aromatic heterocycles. The van der Waals surface area contributed by atoms with Crippen LogP contribution in [0.15, 0.2) is 29.6 Å². The van der Waals surface area contributed by atoms with E-state index < -0.39 is 0 Å². The molecule has 1 heterocycles. The van der Waals surface area contributed by atoms with Crippen molar-refractivity contribution in [2.24, 2.45) is 5.73 Å². The van der Waals surface area contributed by atoms with E-state index >= 15 is 0 Å². The third-order valence-corrected chi connectivity index (χ3v) is 5.24. The summed E-state index contributed by atoms with van der Waals surface area (Å²) in [5.74, 6) is 0.0616. The van der Waals surface area contributed by atoms with Crippen molar-refractivity contribution in [1.29, 1.82) is 0 Å². The van der Waals surface area contributed by atoms with Gasteiger partial charge in [-0.25, -0.2) is 4.98 Å². The number of hydrogen-bond donors (Lipinski definition) is 2. The Morgan fingerprint density at radius 3 is 2.68 bits per heavy atom. The van der Waals surface area contributed by atoms with Gasteiger partial charge in [-0.1, -0.05) is 23.8 Å². The van der Waals surface area contributed by atoms with E-state index in [0.717, 1.165) is 41.9 Å². The van der Waals surface area contributed by atoms with Crippen LogP contribution in [0.2, 0.25) is 0 Å². The van der Waals surface area contributed by atoms with Crippen LogP contribution >= 0.6 is 36.2 Å². The van der Waals surface area contributed by atoms with Crippen molar-refractivity contribution in [2.45, 2.75) is 51.1 Å². The maximum absolute atomic E-state index is 12.2. The fourth-order valence-electron chi connectivity index (χ4n) is 3.01. The Labute approximate surface area is 165 Å². The second kappa shape index (κ2) is 10.1. The summed E-state index contributed by atoms with van der Waals surface area (Å²) < 4.78 is 0. The van der Waals surface area contributed by atoms with Gasteiger partial charge in [0.05, 0.1) is 12.1 Å². The minimum absolute atomic E-state index is 0. The molecule has 1 amide bonds. The molecule has 4 nitrogen and oxygen atoms in total. The molecule has 2 aromatic rings. The molecule has 0 radical (unpaired) electrons. The van der Waals surface area contributed by atoms with E-state index in [1.54, 1.807) is 11.3 Å². The van der Waals surface area contributed by atoms with Gasteiger partial charge in [-0.05, 0) is 38.7 Å². The van der Waals surface area contributed by atoms with Gasteiger partial charge in [-0.3, -0.25) is 4.79 Å². The number of halogens is 2. The lowest BCUT2D eigenvalue weighted by molar-refractivity contribution is -0.121. The Hall–Kier alpha value is -1.14. The molecule has 0 saturated heterocycles. The maximum atomic E-state index is 12.2. The van der Waals surface area contributed by atoms with Crippen LogP contribution in [0.1, 0.15) is 36.9 Å². The first-order valence-corrected chi connectivity index (χ1v) is 9.04. The lowest BCUT2D eigenvalue weighted by atomic mass is 9.92. The van der Waals surface area contributed by atoms with Gasteiger partial charge in [0.25, 0.3) is 0 Å². The third kappa shape index (κ3) is 6.26. The Morgan fingerprint density at radius 1 is 1.28 bits per heavy atom. The average Bonchev–Trinajstić information content (AvgIpc) is 2.98. The molecule has 0 unspecified atom stereocenters. The van der Waals surface area contributed by atoms with E-state index in [-0.39, 0.29) is 36.8 Å². The van der Waals surface area contributed by atoms with Crippen molar-refractivity contribution in [3.8, 4) is 10.6 Å². The minimum Gasteiger partial charge on any atom is -0.353 e. The molecule has 0 spiro atoms. The second-order valence-electron chi connectivity index (χ2n) is 6.37. The molecule has 0 atom stereocenters. The molecule has 3 rings (SSSR count). The molecule has 7 heteroatoms. The molecule has 1 saturated carbocycles. The van der Waals surface area contributed by atoms with Gasteiger partial charge in [0.15, 0.2) is 0 Å². The van der Waals surface area contributed by atoms with E-state index in [9.17, 15) is 4.79 Å². The largest absolute Gasteiger partial charge is 0.353 e. The molecule has 0 bridgehead atoms. The van der Waals surface area contributed by atoms with Gasteiger partial charge in [-0.15, -0.1) is 36.2 Å². The number of nitrogens with zero attached hydrogens (tertiary/aromatic N) is 1. The zero-order valence-electron chi connectivity index (χ0n) is 14.2. The van der Waals surface area contributed by atoms with Crippen LogP contribution in [-0.2, 0) is 11.2 Å². The van der Waals surface area contributed by atoms with Crippen molar-refractivity contribution in [3.05, 3.63) is 40.9 Å². The van der Waals surface area contributed by atoms with E-state index in [4.69, 9.17) is 5.73 Å². The predicted molar refractivity (Wildman–Crippen MR) is 109 cm³/mol. The zero-order chi connectivity index (χ0) is 16.2.